The Hall–Kier alpha value is -0.980. The Morgan fingerprint density at radius 3 is 2.90 bits per heavy atom. The lowest BCUT2D eigenvalue weighted by atomic mass is 10.3. The zero-order chi connectivity index (χ0) is 14.8. The summed E-state index contributed by atoms with van der Waals surface area (Å²) >= 11 is 10.6. The summed E-state index contributed by atoms with van der Waals surface area (Å²) in [4.78, 5) is 8.85. The van der Waals surface area contributed by atoms with E-state index >= 15 is 0 Å². The molecule has 0 aliphatic carbocycles. The van der Waals surface area contributed by atoms with Crippen molar-refractivity contribution in [3.63, 3.8) is 0 Å². The van der Waals surface area contributed by atoms with Gasteiger partial charge in [0.2, 0.25) is 0 Å². The molecule has 0 N–H and O–H groups in total. The molecule has 3 nitrogen and oxygen atoms in total. The first kappa shape index (κ1) is 14.9. The Kier molecular flexibility index (Phi) is 4.57. The van der Waals surface area contributed by atoms with Gasteiger partial charge in [-0.25, -0.2) is 14.4 Å². The number of fused-ring (bicyclic) bond motifs is 1. The SMILES string of the molecule is Fc1cc2c(cc1Br)nc(CCCl)n2CCc1cscn1. The van der Waals surface area contributed by atoms with Gasteiger partial charge in [-0.2, -0.15) is 0 Å². The third kappa shape index (κ3) is 3.12. The highest BCUT2D eigenvalue weighted by molar-refractivity contribution is 9.10. The van der Waals surface area contributed by atoms with E-state index in [1.807, 2.05) is 15.5 Å². The highest BCUT2D eigenvalue weighted by Gasteiger charge is 2.13. The van der Waals surface area contributed by atoms with Gasteiger partial charge in [0.15, 0.2) is 0 Å². The van der Waals surface area contributed by atoms with Crippen molar-refractivity contribution in [2.24, 2.45) is 0 Å². The first-order valence-electron chi connectivity index (χ1n) is 6.46. The van der Waals surface area contributed by atoms with E-state index in [0.717, 1.165) is 29.0 Å². The number of aryl methyl sites for hydroxylation is 3. The minimum absolute atomic E-state index is 0.283. The Morgan fingerprint density at radius 2 is 2.19 bits per heavy atom. The quantitative estimate of drug-likeness (QED) is 0.606. The van der Waals surface area contributed by atoms with Crippen LogP contribution in [-0.2, 0) is 19.4 Å². The fraction of sp³-hybridized carbons (Fsp3) is 0.286. The highest BCUT2D eigenvalue weighted by atomic mass is 79.9. The van der Waals surface area contributed by atoms with Crippen LogP contribution in [0.4, 0.5) is 4.39 Å². The van der Waals surface area contributed by atoms with Crippen LogP contribution in [0.3, 0.4) is 0 Å². The first-order chi connectivity index (χ1) is 10.2. The minimum Gasteiger partial charge on any atom is -0.327 e. The van der Waals surface area contributed by atoms with Crippen molar-refractivity contribution in [2.75, 3.05) is 5.88 Å². The van der Waals surface area contributed by atoms with Gasteiger partial charge in [-0.1, -0.05) is 0 Å². The third-order valence-electron chi connectivity index (χ3n) is 3.26. The fourth-order valence-electron chi connectivity index (χ4n) is 2.28. The lowest BCUT2D eigenvalue weighted by molar-refractivity contribution is 0.619. The zero-order valence-electron chi connectivity index (χ0n) is 11.0. The first-order valence-corrected chi connectivity index (χ1v) is 8.73. The van der Waals surface area contributed by atoms with E-state index < -0.39 is 0 Å². The average Bonchev–Trinajstić information content (AvgIpc) is 3.06. The molecule has 0 spiro atoms. The number of benzene rings is 1. The summed E-state index contributed by atoms with van der Waals surface area (Å²) in [5.74, 6) is 1.09. The normalized spacial score (nSPS) is 11.4. The number of rotatable bonds is 5. The van der Waals surface area contributed by atoms with Crippen LogP contribution in [0, 0.1) is 5.82 Å². The molecule has 0 amide bonds. The molecule has 0 bridgehead atoms. The monoisotopic (exact) mass is 387 g/mol. The second kappa shape index (κ2) is 6.42. The van der Waals surface area contributed by atoms with Crippen molar-refractivity contribution in [1.29, 1.82) is 0 Å². The molecule has 2 heterocycles. The molecule has 3 rings (SSSR count). The molecular weight excluding hydrogens is 377 g/mol. The Morgan fingerprint density at radius 1 is 1.33 bits per heavy atom. The molecular formula is C14H12BrClFN3S. The van der Waals surface area contributed by atoms with Crippen LogP contribution in [-0.4, -0.2) is 20.4 Å². The number of aromatic nitrogens is 3. The van der Waals surface area contributed by atoms with E-state index in [1.165, 1.54) is 6.07 Å². The maximum atomic E-state index is 13.8. The summed E-state index contributed by atoms with van der Waals surface area (Å²) in [7, 11) is 0. The molecule has 0 aliphatic heterocycles. The maximum absolute atomic E-state index is 13.8. The van der Waals surface area contributed by atoms with Crippen molar-refractivity contribution in [3.05, 3.63) is 44.8 Å². The van der Waals surface area contributed by atoms with Crippen LogP contribution in [0.1, 0.15) is 11.5 Å². The van der Waals surface area contributed by atoms with Crippen LogP contribution < -0.4 is 0 Å². The molecule has 0 unspecified atom stereocenters. The van der Waals surface area contributed by atoms with Gasteiger partial charge in [0.05, 0.1) is 26.7 Å². The summed E-state index contributed by atoms with van der Waals surface area (Å²) in [5.41, 5.74) is 4.43. The number of halogens is 3. The third-order valence-corrected chi connectivity index (χ3v) is 4.69. The maximum Gasteiger partial charge on any atom is 0.139 e. The molecule has 0 atom stereocenters. The summed E-state index contributed by atoms with van der Waals surface area (Å²) < 4.78 is 16.3. The molecule has 0 saturated heterocycles. The molecule has 0 radical (unpaired) electrons. The van der Waals surface area contributed by atoms with E-state index in [9.17, 15) is 4.39 Å². The summed E-state index contributed by atoms with van der Waals surface area (Å²) in [5, 5.41) is 2.03. The lowest BCUT2D eigenvalue weighted by Crippen LogP contribution is -2.07. The second-order valence-corrected chi connectivity index (χ2v) is 6.55. The number of imidazole rings is 1. The van der Waals surface area contributed by atoms with Gasteiger partial charge in [0.1, 0.15) is 11.6 Å². The van der Waals surface area contributed by atoms with Crippen molar-refractivity contribution < 1.29 is 4.39 Å². The van der Waals surface area contributed by atoms with Crippen LogP contribution in [0.2, 0.25) is 0 Å². The van der Waals surface area contributed by atoms with Gasteiger partial charge in [-0.15, -0.1) is 22.9 Å². The minimum atomic E-state index is -0.283. The average molecular weight is 389 g/mol. The van der Waals surface area contributed by atoms with E-state index in [1.54, 1.807) is 17.4 Å². The van der Waals surface area contributed by atoms with Crippen molar-refractivity contribution >= 4 is 49.9 Å². The second-order valence-electron chi connectivity index (χ2n) is 4.60. The van der Waals surface area contributed by atoms with Crippen LogP contribution >= 0.6 is 38.9 Å². The zero-order valence-corrected chi connectivity index (χ0v) is 14.2. The van der Waals surface area contributed by atoms with Crippen LogP contribution in [0.25, 0.3) is 11.0 Å². The standard InChI is InChI=1S/C14H12BrClFN3S/c15-10-5-12-13(6-11(10)17)20(14(19-12)1-3-16)4-2-9-7-21-8-18-9/h5-8H,1-4H2. The number of hydrogen-bond acceptors (Lipinski definition) is 3. The fourth-order valence-corrected chi connectivity index (χ4v) is 3.38. The highest BCUT2D eigenvalue weighted by Crippen LogP contribution is 2.25. The number of alkyl halides is 1. The van der Waals surface area contributed by atoms with Crippen LogP contribution in [0.5, 0.6) is 0 Å². The van der Waals surface area contributed by atoms with Gasteiger partial charge >= 0.3 is 0 Å². The summed E-state index contributed by atoms with van der Waals surface area (Å²) in [6.45, 7) is 0.716. The van der Waals surface area contributed by atoms with Crippen molar-refractivity contribution in [2.45, 2.75) is 19.4 Å². The van der Waals surface area contributed by atoms with Crippen molar-refractivity contribution in [3.8, 4) is 0 Å². The Labute approximate surface area is 138 Å². The predicted octanol–water partition coefficient (Wildman–Crippen LogP) is 4.42. The van der Waals surface area contributed by atoms with E-state index in [0.29, 0.717) is 23.3 Å². The molecule has 0 aliphatic rings. The van der Waals surface area contributed by atoms with Gasteiger partial charge in [-0.3, -0.25) is 0 Å². The molecule has 1 aromatic carbocycles. The summed E-state index contributed by atoms with van der Waals surface area (Å²) in [6.07, 6.45) is 1.45. The molecule has 110 valence electrons. The van der Waals surface area contributed by atoms with Crippen LogP contribution in [0.15, 0.2) is 27.5 Å². The molecule has 0 fully saturated rings. The molecule has 2 aromatic heterocycles. The Balaban J connectivity index is 2.00. The molecule has 21 heavy (non-hydrogen) atoms. The van der Waals surface area contributed by atoms with Gasteiger partial charge < -0.3 is 4.57 Å². The number of hydrogen-bond donors (Lipinski definition) is 0. The van der Waals surface area contributed by atoms with E-state index in [4.69, 9.17) is 11.6 Å². The number of thiazole rings is 1. The topological polar surface area (TPSA) is 30.7 Å². The van der Waals surface area contributed by atoms with Gasteiger partial charge in [0, 0.05) is 36.7 Å². The Bertz CT molecular complexity index is 757. The van der Waals surface area contributed by atoms with Crippen molar-refractivity contribution in [1.82, 2.24) is 14.5 Å². The van der Waals surface area contributed by atoms with E-state index in [2.05, 4.69) is 25.9 Å². The van der Waals surface area contributed by atoms with Gasteiger partial charge in [-0.05, 0) is 22.0 Å². The summed E-state index contributed by atoms with van der Waals surface area (Å²) in [6, 6.07) is 3.23. The predicted molar refractivity (Wildman–Crippen MR) is 87.6 cm³/mol. The smallest absolute Gasteiger partial charge is 0.139 e. The molecule has 3 aromatic rings. The number of nitrogens with zero attached hydrogens (tertiary/aromatic N) is 3. The largest absolute Gasteiger partial charge is 0.327 e. The lowest BCUT2D eigenvalue weighted by Gasteiger charge is -2.07. The van der Waals surface area contributed by atoms with E-state index in [-0.39, 0.29) is 5.82 Å². The molecule has 7 heteroatoms. The van der Waals surface area contributed by atoms with Gasteiger partial charge in [0.25, 0.3) is 0 Å². The molecule has 0 saturated carbocycles.